The number of ether oxygens (including phenoxy) is 1. The minimum Gasteiger partial charge on any atom is -0.496 e. The number of likely N-dealkylation sites (N-methyl/N-ethyl adjacent to an activating group) is 1. The fourth-order valence-electron chi connectivity index (χ4n) is 1.99. The van der Waals surface area contributed by atoms with Gasteiger partial charge in [-0.05, 0) is 32.0 Å². The van der Waals surface area contributed by atoms with Crippen molar-refractivity contribution in [1.82, 2.24) is 5.32 Å². The van der Waals surface area contributed by atoms with Crippen LogP contribution in [0, 0.1) is 17.5 Å². The normalized spacial score (nSPS) is 17.0. The molecule has 0 fully saturated rings. The fourth-order valence-corrected chi connectivity index (χ4v) is 1.99. The van der Waals surface area contributed by atoms with Gasteiger partial charge in [0.15, 0.2) is 17.5 Å². The van der Waals surface area contributed by atoms with Crippen molar-refractivity contribution in [3.8, 4) is 0 Å². The summed E-state index contributed by atoms with van der Waals surface area (Å²) in [6.45, 7) is 0.551. The lowest BCUT2D eigenvalue weighted by atomic mass is 10.0. The molecule has 2 rings (SSSR count). The van der Waals surface area contributed by atoms with E-state index < -0.39 is 23.5 Å². The van der Waals surface area contributed by atoms with Gasteiger partial charge in [-0.3, -0.25) is 0 Å². The number of benzene rings is 1. The topological polar surface area (TPSA) is 21.3 Å². The number of rotatable bonds is 3. The Morgan fingerprint density at radius 2 is 2.00 bits per heavy atom. The molecule has 1 heterocycles. The van der Waals surface area contributed by atoms with Gasteiger partial charge < -0.3 is 10.1 Å². The first-order valence-electron chi connectivity index (χ1n) is 5.78. The Bertz CT molecular complexity index is 474. The summed E-state index contributed by atoms with van der Waals surface area (Å²) in [5, 5.41) is 2.85. The molecule has 0 radical (unpaired) electrons. The van der Waals surface area contributed by atoms with Crippen molar-refractivity contribution in [2.45, 2.75) is 18.9 Å². The summed E-state index contributed by atoms with van der Waals surface area (Å²) in [7, 11) is 1.62. The molecule has 1 aromatic carbocycles. The van der Waals surface area contributed by atoms with Crippen molar-refractivity contribution >= 4 is 0 Å². The number of halogens is 3. The molecule has 1 N–H and O–H groups in total. The molecule has 1 atom stereocenters. The van der Waals surface area contributed by atoms with Crippen molar-refractivity contribution in [3.05, 3.63) is 47.0 Å². The monoisotopic (exact) mass is 257 g/mol. The number of allylic oxidation sites excluding steroid dienone is 1. The minimum atomic E-state index is -1.45. The summed E-state index contributed by atoms with van der Waals surface area (Å²) in [6.07, 6.45) is 3.57. The minimum absolute atomic E-state index is 0.0459. The Kier molecular flexibility index (Phi) is 3.91. The first-order chi connectivity index (χ1) is 8.65. The third-order valence-electron chi connectivity index (χ3n) is 2.91. The van der Waals surface area contributed by atoms with E-state index in [9.17, 15) is 13.2 Å². The molecule has 2 nitrogen and oxygen atoms in total. The van der Waals surface area contributed by atoms with Crippen LogP contribution in [0.15, 0.2) is 24.0 Å². The Labute approximate surface area is 103 Å². The van der Waals surface area contributed by atoms with Gasteiger partial charge in [-0.15, -0.1) is 0 Å². The molecular formula is C13H14F3NO. The standard InChI is InChI=1S/C13H14F3NO/c1-17-13(10-4-2-3-7-18-10)8-5-6-9(14)12(16)11(8)15/h4-6,13,17H,2-3,7H2,1H3. The van der Waals surface area contributed by atoms with E-state index in [1.165, 1.54) is 6.07 Å². The molecule has 1 aliphatic rings. The summed E-state index contributed by atoms with van der Waals surface area (Å²) >= 11 is 0. The van der Waals surface area contributed by atoms with Gasteiger partial charge in [-0.1, -0.05) is 6.07 Å². The highest BCUT2D eigenvalue weighted by molar-refractivity contribution is 5.29. The van der Waals surface area contributed by atoms with Crippen molar-refractivity contribution in [3.63, 3.8) is 0 Å². The van der Waals surface area contributed by atoms with Crippen LogP contribution < -0.4 is 5.32 Å². The zero-order valence-corrected chi connectivity index (χ0v) is 9.97. The molecule has 1 unspecified atom stereocenters. The lowest BCUT2D eigenvalue weighted by Crippen LogP contribution is -2.23. The highest BCUT2D eigenvalue weighted by Gasteiger charge is 2.24. The van der Waals surface area contributed by atoms with Gasteiger partial charge >= 0.3 is 0 Å². The van der Waals surface area contributed by atoms with Crippen LogP contribution in [0.3, 0.4) is 0 Å². The van der Waals surface area contributed by atoms with Gasteiger partial charge in [0, 0.05) is 5.56 Å². The van der Waals surface area contributed by atoms with Crippen molar-refractivity contribution in [2.24, 2.45) is 0 Å². The maximum Gasteiger partial charge on any atom is 0.194 e. The third kappa shape index (κ3) is 2.36. The van der Waals surface area contributed by atoms with Crippen LogP contribution >= 0.6 is 0 Å². The second-order valence-corrected chi connectivity index (χ2v) is 4.08. The van der Waals surface area contributed by atoms with Crippen LogP contribution in [0.1, 0.15) is 24.4 Å². The molecule has 0 aliphatic carbocycles. The summed E-state index contributed by atoms with van der Waals surface area (Å²) in [5.41, 5.74) is 0.0459. The quantitative estimate of drug-likeness (QED) is 0.840. The van der Waals surface area contributed by atoms with Gasteiger partial charge in [0.05, 0.1) is 12.6 Å². The van der Waals surface area contributed by atoms with Crippen LogP contribution in [0.4, 0.5) is 13.2 Å². The highest BCUT2D eigenvalue weighted by Crippen LogP contribution is 2.29. The van der Waals surface area contributed by atoms with E-state index in [2.05, 4.69) is 5.32 Å². The van der Waals surface area contributed by atoms with E-state index in [1.807, 2.05) is 6.08 Å². The molecule has 0 saturated carbocycles. The third-order valence-corrected chi connectivity index (χ3v) is 2.91. The molecule has 1 aromatic rings. The fraction of sp³-hybridized carbons (Fsp3) is 0.385. The van der Waals surface area contributed by atoms with Crippen LogP contribution in [0.2, 0.25) is 0 Å². The average Bonchev–Trinajstić information content (AvgIpc) is 2.41. The maximum atomic E-state index is 13.7. The smallest absolute Gasteiger partial charge is 0.194 e. The first-order valence-corrected chi connectivity index (χ1v) is 5.78. The summed E-state index contributed by atoms with van der Waals surface area (Å²) < 4.78 is 45.2. The molecule has 0 spiro atoms. The highest BCUT2D eigenvalue weighted by atomic mass is 19.2. The van der Waals surface area contributed by atoms with Gasteiger partial charge in [-0.2, -0.15) is 0 Å². The summed E-state index contributed by atoms with van der Waals surface area (Å²) in [5.74, 6) is -3.27. The van der Waals surface area contributed by atoms with Crippen LogP contribution in [-0.4, -0.2) is 13.7 Å². The van der Waals surface area contributed by atoms with E-state index in [4.69, 9.17) is 4.74 Å². The molecule has 0 saturated heterocycles. The molecule has 1 aliphatic heterocycles. The van der Waals surface area contributed by atoms with Crippen LogP contribution in [0.5, 0.6) is 0 Å². The summed E-state index contributed by atoms with van der Waals surface area (Å²) in [4.78, 5) is 0. The molecule has 0 bridgehead atoms. The van der Waals surface area contributed by atoms with Crippen LogP contribution in [-0.2, 0) is 4.74 Å². The van der Waals surface area contributed by atoms with Gasteiger partial charge in [-0.25, -0.2) is 13.2 Å². The zero-order valence-electron chi connectivity index (χ0n) is 9.97. The Morgan fingerprint density at radius 1 is 1.22 bits per heavy atom. The van der Waals surface area contributed by atoms with Crippen LogP contribution in [0.25, 0.3) is 0 Å². The second-order valence-electron chi connectivity index (χ2n) is 4.08. The van der Waals surface area contributed by atoms with E-state index in [0.29, 0.717) is 12.4 Å². The first kappa shape index (κ1) is 13.0. The van der Waals surface area contributed by atoms with E-state index >= 15 is 0 Å². The lowest BCUT2D eigenvalue weighted by molar-refractivity contribution is 0.168. The van der Waals surface area contributed by atoms with Crippen molar-refractivity contribution < 1.29 is 17.9 Å². The summed E-state index contributed by atoms with van der Waals surface area (Å²) in [6, 6.07) is 1.55. The zero-order chi connectivity index (χ0) is 13.1. The molecule has 18 heavy (non-hydrogen) atoms. The lowest BCUT2D eigenvalue weighted by Gasteiger charge is -2.24. The molecule has 5 heteroatoms. The van der Waals surface area contributed by atoms with Crippen molar-refractivity contribution in [2.75, 3.05) is 13.7 Å². The van der Waals surface area contributed by atoms with E-state index in [-0.39, 0.29) is 5.56 Å². The predicted molar refractivity (Wildman–Crippen MR) is 61.4 cm³/mol. The van der Waals surface area contributed by atoms with E-state index in [1.54, 1.807) is 7.05 Å². The Balaban J connectivity index is 2.39. The largest absolute Gasteiger partial charge is 0.496 e. The van der Waals surface area contributed by atoms with Gasteiger partial charge in [0.1, 0.15) is 5.76 Å². The number of hydrogen-bond donors (Lipinski definition) is 1. The number of nitrogens with one attached hydrogen (secondary N) is 1. The maximum absolute atomic E-state index is 13.7. The number of hydrogen-bond acceptors (Lipinski definition) is 2. The SMILES string of the molecule is CNC(C1=CCCCO1)c1ccc(F)c(F)c1F. The Hall–Kier alpha value is -1.49. The predicted octanol–water partition coefficient (Wildman–Crippen LogP) is 3.06. The molecule has 0 aromatic heterocycles. The van der Waals surface area contributed by atoms with Gasteiger partial charge in [0.2, 0.25) is 0 Å². The average molecular weight is 257 g/mol. The van der Waals surface area contributed by atoms with E-state index in [0.717, 1.165) is 18.9 Å². The van der Waals surface area contributed by atoms with Gasteiger partial charge in [0.25, 0.3) is 0 Å². The van der Waals surface area contributed by atoms with Crippen molar-refractivity contribution in [1.29, 1.82) is 0 Å². The molecule has 0 amide bonds. The second kappa shape index (κ2) is 5.44. The molecule has 98 valence electrons. The molecular weight excluding hydrogens is 243 g/mol. The Morgan fingerprint density at radius 3 is 2.61 bits per heavy atom.